The highest BCUT2D eigenvalue weighted by atomic mass is 32.1. The van der Waals surface area contributed by atoms with Crippen molar-refractivity contribution in [1.82, 2.24) is 10.3 Å². The summed E-state index contributed by atoms with van der Waals surface area (Å²) in [7, 11) is 0. The summed E-state index contributed by atoms with van der Waals surface area (Å²) in [6, 6.07) is 0.856. The summed E-state index contributed by atoms with van der Waals surface area (Å²) < 4.78 is 0. The molecule has 3 nitrogen and oxygen atoms in total. The van der Waals surface area contributed by atoms with Crippen LogP contribution in [0, 0.1) is 12.8 Å². The van der Waals surface area contributed by atoms with Gasteiger partial charge in [-0.1, -0.05) is 0 Å². The second-order valence-electron chi connectivity index (χ2n) is 5.38. The highest BCUT2D eigenvalue weighted by Crippen LogP contribution is 2.26. The molecule has 94 valence electrons. The Balaban J connectivity index is 1.46. The summed E-state index contributed by atoms with van der Waals surface area (Å²) >= 11 is 1.78. The largest absolute Gasteiger partial charge is 0.348 e. The molecule has 2 fully saturated rings. The lowest BCUT2D eigenvalue weighted by atomic mass is 9.97. The summed E-state index contributed by atoms with van der Waals surface area (Å²) in [5, 5.41) is 7.02. The number of nitrogens with zero attached hydrogens (tertiary/aromatic N) is 2. The van der Waals surface area contributed by atoms with E-state index in [2.05, 4.69) is 27.5 Å². The zero-order valence-corrected chi connectivity index (χ0v) is 11.3. The van der Waals surface area contributed by atoms with Crippen LogP contribution in [0.4, 0.5) is 5.13 Å². The van der Waals surface area contributed by atoms with Crippen LogP contribution in [0.5, 0.6) is 0 Å². The maximum Gasteiger partial charge on any atom is 0.185 e. The average molecular weight is 251 g/mol. The molecule has 0 amide bonds. The van der Waals surface area contributed by atoms with E-state index in [9.17, 15) is 0 Å². The van der Waals surface area contributed by atoms with E-state index in [1.54, 1.807) is 11.3 Å². The number of hydrogen-bond acceptors (Lipinski definition) is 4. The van der Waals surface area contributed by atoms with E-state index >= 15 is 0 Å². The smallest absolute Gasteiger partial charge is 0.185 e. The van der Waals surface area contributed by atoms with Gasteiger partial charge in [-0.25, -0.2) is 4.98 Å². The van der Waals surface area contributed by atoms with Gasteiger partial charge in [0.2, 0.25) is 0 Å². The van der Waals surface area contributed by atoms with Gasteiger partial charge in [-0.2, -0.15) is 0 Å². The summed E-state index contributed by atoms with van der Waals surface area (Å²) in [4.78, 5) is 7.02. The fourth-order valence-corrected chi connectivity index (χ4v) is 3.29. The van der Waals surface area contributed by atoms with Crippen molar-refractivity contribution >= 4 is 16.5 Å². The van der Waals surface area contributed by atoms with Crippen molar-refractivity contribution < 1.29 is 0 Å². The summed E-state index contributed by atoms with van der Waals surface area (Å²) in [5.41, 5.74) is 1.16. The van der Waals surface area contributed by atoms with Crippen molar-refractivity contribution in [2.24, 2.45) is 5.92 Å². The SMILES string of the molecule is Cc1csc(N2CCC(CNC3CC3)CC2)n1. The number of rotatable bonds is 4. The number of piperidine rings is 1. The molecule has 0 atom stereocenters. The third kappa shape index (κ3) is 2.99. The predicted molar refractivity (Wildman–Crippen MR) is 72.8 cm³/mol. The fraction of sp³-hybridized carbons (Fsp3) is 0.769. The molecule has 1 aromatic rings. The lowest BCUT2D eigenvalue weighted by molar-refractivity contribution is 0.382. The van der Waals surface area contributed by atoms with Gasteiger partial charge in [-0.15, -0.1) is 11.3 Å². The lowest BCUT2D eigenvalue weighted by Crippen LogP contribution is -2.37. The molecule has 1 aliphatic heterocycles. The molecule has 17 heavy (non-hydrogen) atoms. The van der Waals surface area contributed by atoms with E-state index in [4.69, 9.17) is 0 Å². The topological polar surface area (TPSA) is 28.2 Å². The van der Waals surface area contributed by atoms with Crippen LogP contribution in [-0.2, 0) is 0 Å². The Labute approximate surface area is 107 Å². The first kappa shape index (κ1) is 11.5. The molecular formula is C13H21N3S. The van der Waals surface area contributed by atoms with Crippen LogP contribution in [0.2, 0.25) is 0 Å². The first-order valence-electron chi connectivity index (χ1n) is 6.72. The van der Waals surface area contributed by atoms with Crippen LogP contribution in [0.1, 0.15) is 31.4 Å². The monoisotopic (exact) mass is 251 g/mol. The minimum absolute atomic E-state index is 0.856. The number of nitrogens with one attached hydrogen (secondary N) is 1. The number of anilines is 1. The van der Waals surface area contributed by atoms with Crippen LogP contribution in [0.3, 0.4) is 0 Å². The minimum atomic E-state index is 0.856. The van der Waals surface area contributed by atoms with Crippen molar-refractivity contribution in [2.45, 2.75) is 38.6 Å². The molecule has 1 aliphatic carbocycles. The van der Waals surface area contributed by atoms with Crippen molar-refractivity contribution in [2.75, 3.05) is 24.5 Å². The van der Waals surface area contributed by atoms with Gasteiger partial charge >= 0.3 is 0 Å². The molecule has 1 aromatic heterocycles. The Morgan fingerprint density at radius 2 is 2.12 bits per heavy atom. The van der Waals surface area contributed by atoms with Crippen LogP contribution in [0.25, 0.3) is 0 Å². The quantitative estimate of drug-likeness (QED) is 0.891. The van der Waals surface area contributed by atoms with Gasteiger partial charge in [0.25, 0.3) is 0 Å². The highest BCUT2D eigenvalue weighted by molar-refractivity contribution is 7.13. The Morgan fingerprint density at radius 3 is 2.71 bits per heavy atom. The van der Waals surface area contributed by atoms with E-state index in [0.29, 0.717) is 0 Å². The van der Waals surface area contributed by atoms with Crippen molar-refractivity contribution in [3.8, 4) is 0 Å². The summed E-state index contributed by atoms with van der Waals surface area (Å²) in [5.74, 6) is 0.882. The van der Waals surface area contributed by atoms with Crippen molar-refractivity contribution in [1.29, 1.82) is 0 Å². The molecular weight excluding hydrogens is 230 g/mol. The zero-order chi connectivity index (χ0) is 11.7. The molecule has 0 unspecified atom stereocenters. The molecule has 4 heteroatoms. The van der Waals surface area contributed by atoms with E-state index in [1.807, 2.05) is 0 Å². The molecule has 0 bridgehead atoms. The van der Waals surface area contributed by atoms with E-state index in [-0.39, 0.29) is 0 Å². The second-order valence-corrected chi connectivity index (χ2v) is 6.22. The molecule has 0 aromatic carbocycles. The molecule has 0 radical (unpaired) electrons. The van der Waals surface area contributed by atoms with Gasteiger partial charge in [0.05, 0.1) is 5.69 Å². The van der Waals surface area contributed by atoms with Gasteiger partial charge in [-0.05, 0) is 45.1 Å². The van der Waals surface area contributed by atoms with Crippen LogP contribution in [0.15, 0.2) is 5.38 Å². The maximum absolute atomic E-state index is 4.57. The maximum atomic E-state index is 4.57. The van der Waals surface area contributed by atoms with Crippen LogP contribution in [-0.4, -0.2) is 30.7 Å². The highest BCUT2D eigenvalue weighted by Gasteiger charge is 2.24. The fourth-order valence-electron chi connectivity index (χ4n) is 2.44. The zero-order valence-electron chi connectivity index (χ0n) is 10.5. The Kier molecular flexibility index (Phi) is 3.34. The molecule has 3 rings (SSSR count). The molecule has 1 saturated carbocycles. The van der Waals surface area contributed by atoms with Crippen LogP contribution >= 0.6 is 11.3 Å². The molecule has 1 saturated heterocycles. The van der Waals surface area contributed by atoms with Gasteiger partial charge < -0.3 is 10.2 Å². The standard InChI is InChI=1S/C13H21N3S/c1-10-9-17-13(15-10)16-6-4-11(5-7-16)8-14-12-2-3-12/h9,11-12,14H,2-8H2,1H3. The van der Waals surface area contributed by atoms with Gasteiger partial charge in [-0.3, -0.25) is 0 Å². The first-order chi connectivity index (χ1) is 8.31. The normalized spacial score (nSPS) is 22.1. The van der Waals surface area contributed by atoms with E-state index in [0.717, 1.165) is 17.7 Å². The number of thiazole rings is 1. The van der Waals surface area contributed by atoms with Crippen molar-refractivity contribution in [3.05, 3.63) is 11.1 Å². The van der Waals surface area contributed by atoms with Gasteiger partial charge in [0.1, 0.15) is 0 Å². The minimum Gasteiger partial charge on any atom is -0.348 e. The van der Waals surface area contributed by atoms with E-state index < -0.39 is 0 Å². The van der Waals surface area contributed by atoms with Crippen LogP contribution < -0.4 is 10.2 Å². The predicted octanol–water partition coefficient (Wildman–Crippen LogP) is 2.42. The number of hydrogen-bond donors (Lipinski definition) is 1. The van der Waals surface area contributed by atoms with Crippen molar-refractivity contribution in [3.63, 3.8) is 0 Å². The second kappa shape index (κ2) is 4.94. The average Bonchev–Trinajstić information content (AvgIpc) is 3.09. The molecule has 2 aliphatic rings. The molecule has 0 spiro atoms. The summed E-state index contributed by atoms with van der Waals surface area (Å²) in [6.45, 7) is 5.68. The summed E-state index contributed by atoms with van der Waals surface area (Å²) in [6.07, 6.45) is 5.44. The third-order valence-corrected chi connectivity index (χ3v) is 4.78. The lowest BCUT2D eigenvalue weighted by Gasteiger charge is -2.31. The molecule has 2 heterocycles. The van der Waals surface area contributed by atoms with E-state index in [1.165, 1.54) is 50.4 Å². The third-order valence-electron chi connectivity index (χ3n) is 3.76. The Morgan fingerprint density at radius 1 is 1.35 bits per heavy atom. The van der Waals surface area contributed by atoms with Gasteiger partial charge in [0, 0.05) is 24.5 Å². The first-order valence-corrected chi connectivity index (χ1v) is 7.59. The Bertz CT molecular complexity index is 364. The van der Waals surface area contributed by atoms with Gasteiger partial charge in [0.15, 0.2) is 5.13 Å². The number of aromatic nitrogens is 1. The Hall–Kier alpha value is -0.610. The molecule has 1 N–H and O–H groups in total. The number of aryl methyl sites for hydroxylation is 1.